The molecule has 0 radical (unpaired) electrons. The number of nitrogens with two attached hydrogens (primary N) is 1. The van der Waals surface area contributed by atoms with Gasteiger partial charge in [-0.25, -0.2) is 4.98 Å². The van der Waals surface area contributed by atoms with Crippen molar-refractivity contribution < 1.29 is 0 Å². The summed E-state index contributed by atoms with van der Waals surface area (Å²) in [5.41, 5.74) is 8.14. The third-order valence-electron chi connectivity index (χ3n) is 1.75. The van der Waals surface area contributed by atoms with Gasteiger partial charge in [0, 0.05) is 12.2 Å². The Balaban J connectivity index is 2.76. The van der Waals surface area contributed by atoms with Gasteiger partial charge in [-0.2, -0.15) is 0 Å². The van der Waals surface area contributed by atoms with E-state index >= 15 is 0 Å². The molecule has 1 aromatic heterocycles. The van der Waals surface area contributed by atoms with E-state index in [2.05, 4.69) is 27.5 Å². The van der Waals surface area contributed by atoms with E-state index in [1.807, 2.05) is 19.1 Å². The van der Waals surface area contributed by atoms with Crippen molar-refractivity contribution in [2.24, 2.45) is 5.73 Å². The summed E-state index contributed by atoms with van der Waals surface area (Å²) in [6.45, 7) is 5.82. The maximum absolute atomic E-state index is 5.96. The molecule has 0 amide bonds. The molecular weight excluding hydrogens is 228 g/mol. The molecule has 0 fully saturated rings. The monoisotopic (exact) mass is 240 g/mol. The molecule has 2 nitrogen and oxygen atoms in total. The van der Waals surface area contributed by atoms with Gasteiger partial charge in [-0.05, 0) is 47.0 Å². The molecule has 0 unspecified atom stereocenters. The highest BCUT2D eigenvalue weighted by Crippen LogP contribution is 2.19. The van der Waals surface area contributed by atoms with Crippen LogP contribution < -0.4 is 5.73 Å². The maximum atomic E-state index is 5.96. The van der Waals surface area contributed by atoms with Crippen LogP contribution in [0.3, 0.4) is 0 Å². The Morgan fingerprint density at radius 3 is 3.00 bits per heavy atom. The average Bonchev–Trinajstić information content (AvgIpc) is 2.03. The SMILES string of the molecule is C=C(C)C[C@@H](N)c1ccnc(Br)c1. The quantitative estimate of drug-likeness (QED) is 0.652. The lowest BCUT2D eigenvalue weighted by atomic mass is 10.0. The Morgan fingerprint density at radius 2 is 2.46 bits per heavy atom. The van der Waals surface area contributed by atoms with Crippen LogP contribution in [0.15, 0.2) is 35.1 Å². The first-order valence-electron chi connectivity index (χ1n) is 4.11. The van der Waals surface area contributed by atoms with Gasteiger partial charge in [0.2, 0.25) is 0 Å². The molecule has 0 bridgehead atoms. The van der Waals surface area contributed by atoms with Gasteiger partial charge >= 0.3 is 0 Å². The topological polar surface area (TPSA) is 38.9 Å². The summed E-state index contributed by atoms with van der Waals surface area (Å²) in [5, 5.41) is 0. The van der Waals surface area contributed by atoms with Crippen molar-refractivity contribution in [2.45, 2.75) is 19.4 Å². The summed E-state index contributed by atoms with van der Waals surface area (Å²) in [6.07, 6.45) is 2.56. The fraction of sp³-hybridized carbons (Fsp3) is 0.300. The predicted molar refractivity (Wildman–Crippen MR) is 58.3 cm³/mol. The molecule has 0 aliphatic carbocycles. The summed E-state index contributed by atoms with van der Waals surface area (Å²) < 4.78 is 0.821. The smallest absolute Gasteiger partial charge is 0.106 e. The van der Waals surface area contributed by atoms with Gasteiger partial charge in [-0.15, -0.1) is 6.58 Å². The van der Waals surface area contributed by atoms with Gasteiger partial charge in [0.05, 0.1) is 0 Å². The molecule has 0 saturated carbocycles. The van der Waals surface area contributed by atoms with Gasteiger partial charge < -0.3 is 5.73 Å². The van der Waals surface area contributed by atoms with Crippen molar-refractivity contribution >= 4 is 15.9 Å². The predicted octanol–water partition coefficient (Wildman–Crippen LogP) is 2.81. The van der Waals surface area contributed by atoms with Crippen LogP contribution in [0.5, 0.6) is 0 Å². The summed E-state index contributed by atoms with van der Waals surface area (Å²) >= 11 is 3.31. The van der Waals surface area contributed by atoms with Gasteiger partial charge in [-0.3, -0.25) is 0 Å². The fourth-order valence-electron chi connectivity index (χ4n) is 1.14. The Labute approximate surface area is 87.0 Å². The molecule has 1 atom stereocenters. The summed E-state index contributed by atoms with van der Waals surface area (Å²) in [5.74, 6) is 0. The van der Waals surface area contributed by atoms with Gasteiger partial charge in [0.15, 0.2) is 0 Å². The Kier molecular flexibility index (Phi) is 3.63. The number of pyridine rings is 1. The third kappa shape index (κ3) is 3.28. The van der Waals surface area contributed by atoms with E-state index in [-0.39, 0.29) is 6.04 Å². The number of nitrogens with zero attached hydrogens (tertiary/aromatic N) is 1. The second-order valence-corrected chi connectivity index (χ2v) is 3.99. The molecule has 0 aliphatic rings. The van der Waals surface area contributed by atoms with Crippen molar-refractivity contribution in [1.29, 1.82) is 0 Å². The number of hydrogen-bond donors (Lipinski definition) is 1. The first-order chi connectivity index (χ1) is 6.09. The van der Waals surface area contributed by atoms with Crippen molar-refractivity contribution in [1.82, 2.24) is 4.98 Å². The van der Waals surface area contributed by atoms with E-state index in [0.29, 0.717) is 0 Å². The summed E-state index contributed by atoms with van der Waals surface area (Å²) in [4.78, 5) is 4.04. The summed E-state index contributed by atoms with van der Waals surface area (Å²) in [7, 11) is 0. The van der Waals surface area contributed by atoms with Crippen molar-refractivity contribution in [2.75, 3.05) is 0 Å². The molecule has 2 N–H and O–H groups in total. The molecule has 3 heteroatoms. The number of rotatable bonds is 3. The molecule has 0 spiro atoms. The van der Waals surface area contributed by atoms with Crippen LogP contribution in [0.4, 0.5) is 0 Å². The second-order valence-electron chi connectivity index (χ2n) is 3.18. The highest BCUT2D eigenvalue weighted by atomic mass is 79.9. The molecule has 13 heavy (non-hydrogen) atoms. The minimum absolute atomic E-state index is 0.0248. The van der Waals surface area contributed by atoms with Crippen LogP contribution in [-0.4, -0.2) is 4.98 Å². The van der Waals surface area contributed by atoms with Crippen LogP contribution >= 0.6 is 15.9 Å². The lowest BCUT2D eigenvalue weighted by Gasteiger charge is -2.11. The fourth-order valence-corrected chi connectivity index (χ4v) is 1.52. The van der Waals surface area contributed by atoms with Crippen molar-refractivity contribution in [3.63, 3.8) is 0 Å². The van der Waals surface area contributed by atoms with Gasteiger partial charge in [0.1, 0.15) is 4.60 Å². The van der Waals surface area contributed by atoms with Crippen LogP contribution in [0.25, 0.3) is 0 Å². The normalized spacial score (nSPS) is 12.5. The highest BCUT2D eigenvalue weighted by molar-refractivity contribution is 9.10. The van der Waals surface area contributed by atoms with Crippen LogP contribution in [0.2, 0.25) is 0 Å². The van der Waals surface area contributed by atoms with Crippen LogP contribution in [-0.2, 0) is 0 Å². The number of halogens is 1. The maximum Gasteiger partial charge on any atom is 0.106 e. The van der Waals surface area contributed by atoms with Crippen molar-refractivity contribution in [3.8, 4) is 0 Å². The van der Waals surface area contributed by atoms with E-state index in [1.54, 1.807) is 6.20 Å². The van der Waals surface area contributed by atoms with Crippen LogP contribution in [0, 0.1) is 0 Å². The first kappa shape index (κ1) is 10.4. The van der Waals surface area contributed by atoms with Gasteiger partial charge in [0.25, 0.3) is 0 Å². The molecule has 0 aliphatic heterocycles. The lowest BCUT2D eigenvalue weighted by molar-refractivity contribution is 0.715. The molecule has 0 saturated heterocycles. The first-order valence-corrected chi connectivity index (χ1v) is 4.90. The third-order valence-corrected chi connectivity index (χ3v) is 2.18. The Morgan fingerprint density at radius 1 is 1.77 bits per heavy atom. The zero-order valence-corrected chi connectivity index (χ0v) is 9.21. The molecule has 1 aromatic rings. The minimum atomic E-state index is 0.0248. The Hall–Kier alpha value is -0.670. The van der Waals surface area contributed by atoms with E-state index in [9.17, 15) is 0 Å². The molecule has 0 aromatic carbocycles. The second kappa shape index (κ2) is 4.53. The van der Waals surface area contributed by atoms with Gasteiger partial charge in [-0.1, -0.05) is 5.57 Å². The van der Waals surface area contributed by atoms with E-state index in [1.165, 1.54) is 0 Å². The largest absolute Gasteiger partial charge is 0.324 e. The van der Waals surface area contributed by atoms with Crippen LogP contribution in [0.1, 0.15) is 24.9 Å². The summed E-state index contributed by atoms with van der Waals surface area (Å²) in [6, 6.07) is 3.89. The van der Waals surface area contributed by atoms with Crippen molar-refractivity contribution in [3.05, 3.63) is 40.6 Å². The molecule has 1 heterocycles. The number of aromatic nitrogens is 1. The molecular formula is C10H13BrN2. The van der Waals surface area contributed by atoms with E-state index in [4.69, 9.17) is 5.73 Å². The minimum Gasteiger partial charge on any atom is -0.324 e. The van der Waals surface area contributed by atoms with E-state index < -0.39 is 0 Å². The number of hydrogen-bond acceptors (Lipinski definition) is 2. The average molecular weight is 241 g/mol. The standard InChI is InChI=1S/C10H13BrN2/c1-7(2)5-9(12)8-3-4-13-10(11)6-8/h3-4,6,9H,1,5,12H2,2H3/t9-/m1/s1. The Bertz CT molecular complexity index is 310. The highest BCUT2D eigenvalue weighted by Gasteiger charge is 2.05. The zero-order chi connectivity index (χ0) is 9.84. The van der Waals surface area contributed by atoms with E-state index in [0.717, 1.165) is 22.2 Å². The lowest BCUT2D eigenvalue weighted by Crippen LogP contribution is -2.10. The molecule has 1 rings (SSSR count). The molecule has 70 valence electrons. The zero-order valence-electron chi connectivity index (χ0n) is 7.63.